The zero-order valence-corrected chi connectivity index (χ0v) is 19.3. The Hall–Kier alpha value is -3.82. The number of furan rings is 1. The van der Waals surface area contributed by atoms with Crippen molar-refractivity contribution in [3.63, 3.8) is 0 Å². The van der Waals surface area contributed by atoms with E-state index in [4.69, 9.17) is 14.5 Å². The molecule has 0 spiro atoms. The number of hydrogen-bond donors (Lipinski definition) is 3. The quantitative estimate of drug-likeness (QED) is 0.323. The first kappa shape index (κ1) is 24.3. The van der Waals surface area contributed by atoms with Crippen molar-refractivity contribution < 1.29 is 28.9 Å². The van der Waals surface area contributed by atoms with Gasteiger partial charge in [-0.25, -0.2) is 13.9 Å². The third-order valence-electron chi connectivity index (χ3n) is 5.52. The van der Waals surface area contributed by atoms with Crippen LogP contribution in [0.4, 0.5) is 4.39 Å². The number of fused-ring (bicyclic) bond motifs is 1. The maximum atomic E-state index is 13.7. The van der Waals surface area contributed by atoms with Gasteiger partial charge in [0, 0.05) is 23.6 Å². The van der Waals surface area contributed by atoms with E-state index in [9.17, 15) is 19.4 Å². The lowest BCUT2D eigenvalue weighted by atomic mass is 9.97. The van der Waals surface area contributed by atoms with E-state index in [2.05, 4.69) is 5.10 Å². The molecule has 3 aromatic heterocycles. The Balaban J connectivity index is 1.86. The summed E-state index contributed by atoms with van der Waals surface area (Å²) in [6, 6.07) is 11.4. The lowest BCUT2D eigenvalue weighted by molar-refractivity contribution is -0.139. The number of halogens is 1. The summed E-state index contributed by atoms with van der Waals surface area (Å²) in [5, 5.41) is 33.8. The molecule has 182 valence electrons. The van der Waals surface area contributed by atoms with Crippen molar-refractivity contribution in [2.24, 2.45) is 0 Å². The molecule has 0 saturated carbocycles. The molecule has 8 nitrogen and oxygen atoms in total. The summed E-state index contributed by atoms with van der Waals surface area (Å²) >= 11 is 0. The predicted molar refractivity (Wildman–Crippen MR) is 128 cm³/mol. The number of nitrogens with zero attached hydrogens (tertiary/aromatic N) is 3. The molecule has 3 N–H and O–H groups in total. The van der Waals surface area contributed by atoms with Crippen LogP contribution in [0.25, 0.3) is 34.4 Å². The molecule has 3 heterocycles. The molecule has 0 saturated heterocycles. The van der Waals surface area contributed by atoms with E-state index in [1.807, 2.05) is 19.9 Å². The first-order valence-electron chi connectivity index (χ1n) is 11.2. The average molecular weight is 480 g/mol. The molecule has 4 aromatic rings. The van der Waals surface area contributed by atoms with Crippen LogP contribution in [-0.4, -0.2) is 48.1 Å². The van der Waals surface area contributed by atoms with Crippen LogP contribution in [0.15, 0.2) is 59.2 Å². The number of aliphatic hydroxyl groups is 2. The van der Waals surface area contributed by atoms with E-state index < -0.39 is 24.6 Å². The van der Waals surface area contributed by atoms with Crippen LogP contribution >= 0.6 is 0 Å². The van der Waals surface area contributed by atoms with Crippen LogP contribution in [0, 0.1) is 5.82 Å². The Morgan fingerprint density at radius 3 is 2.57 bits per heavy atom. The minimum Gasteiger partial charge on any atom is -0.481 e. The second kappa shape index (κ2) is 10.2. The van der Waals surface area contributed by atoms with E-state index in [-0.39, 0.29) is 18.2 Å². The molecule has 0 fully saturated rings. The lowest BCUT2D eigenvalue weighted by Gasteiger charge is -2.17. The van der Waals surface area contributed by atoms with Crippen LogP contribution in [0.3, 0.4) is 0 Å². The molecular weight excluding hydrogens is 453 g/mol. The minimum absolute atomic E-state index is 0.00412. The molecule has 1 aromatic carbocycles. The molecule has 4 rings (SSSR count). The third kappa shape index (κ3) is 5.47. The van der Waals surface area contributed by atoms with Gasteiger partial charge >= 0.3 is 5.97 Å². The number of aliphatic carboxylic acids is 1. The van der Waals surface area contributed by atoms with E-state index in [0.717, 1.165) is 5.69 Å². The molecule has 9 heteroatoms. The van der Waals surface area contributed by atoms with Gasteiger partial charge in [0.25, 0.3) is 0 Å². The smallest absolute Gasteiger partial charge is 0.305 e. The van der Waals surface area contributed by atoms with Crippen LogP contribution in [-0.2, 0) is 4.79 Å². The van der Waals surface area contributed by atoms with Gasteiger partial charge in [0.1, 0.15) is 11.5 Å². The maximum Gasteiger partial charge on any atom is 0.305 e. The van der Waals surface area contributed by atoms with Crippen molar-refractivity contribution in [3.05, 3.63) is 71.9 Å². The van der Waals surface area contributed by atoms with Crippen molar-refractivity contribution in [1.82, 2.24) is 14.6 Å². The Morgan fingerprint density at radius 2 is 1.94 bits per heavy atom. The Bertz CT molecular complexity index is 1340. The Morgan fingerprint density at radius 1 is 1.20 bits per heavy atom. The molecule has 0 aliphatic heterocycles. The number of aliphatic hydroxyl groups excluding tert-OH is 2. The highest BCUT2D eigenvalue weighted by molar-refractivity contribution is 5.77. The van der Waals surface area contributed by atoms with Crippen LogP contribution in [0.2, 0.25) is 0 Å². The fourth-order valence-corrected chi connectivity index (χ4v) is 3.92. The number of carbonyl (C=O) groups is 1. The molecule has 35 heavy (non-hydrogen) atoms. The van der Waals surface area contributed by atoms with Gasteiger partial charge in [-0.1, -0.05) is 26.0 Å². The largest absolute Gasteiger partial charge is 0.481 e. The van der Waals surface area contributed by atoms with Gasteiger partial charge in [0.2, 0.25) is 0 Å². The minimum atomic E-state index is -1.18. The monoisotopic (exact) mass is 479 g/mol. The average Bonchev–Trinajstić information content (AvgIpc) is 3.46. The highest BCUT2D eigenvalue weighted by atomic mass is 19.1. The number of hydrogen-bond acceptors (Lipinski definition) is 6. The topological polar surface area (TPSA) is 121 Å². The van der Waals surface area contributed by atoms with E-state index in [1.54, 1.807) is 41.1 Å². The van der Waals surface area contributed by atoms with E-state index in [0.29, 0.717) is 33.9 Å². The number of carboxylic acid groups (broad SMARTS) is 1. The highest BCUT2D eigenvalue weighted by Crippen LogP contribution is 2.33. The summed E-state index contributed by atoms with van der Waals surface area (Å²) in [5.41, 5.74) is 3.89. The Labute approximate surface area is 201 Å². The summed E-state index contributed by atoms with van der Waals surface area (Å²) in [6.45, 7) is 3.98. The summed E-state index contributed by atoms with van der Waals surface area (Å²) in [6.07, 6.45) is 1.87. The first-order chi connectivity index (χ1) is 16.7. The molecule has 0 unspecified atom stereocenters. The molecule has 0 bridgehead atoms. The molecule has 2 atom stereocenters. The Kier molecular flexibility index (Phi) is 7.09. The zero-order chi connectivity index (χ0) is 25.1. The fraction of sp³-hybridized carbons (Fsp3) is 0.269. The van der Waals surface area contributed by atoms with Crippen molar-refractivity contribution in [3.8, 4) is 22.7 Å². The standard InChI is InChI=1S/C26H26FN3O5/c1-15(2)25-20(10-9-18(31)12-19(32)13-24(33)34)26(16-5-7-17(27)8-6-16)30-23(28-25)14-21(29-30)22-4-3-11-35-22/h3-11,14-15,18-19,31-32H,12-13H2,1-2H3,(H,33,34)/b10-9+/t18-,19-/m1/s1. The first-order valence-corrected chi connectivity index (χ1v) is 11.2. The summed E-state index contributed by atoms with van der Waals surface area (Å²) < 4.78 is 20.9. The van der Waals surface area contributed by atoms with Gasteiger partial charge < -0.3 is 19.7 Å². The van der Waals surface area contributed by atoms with Crippen molar-refractivity contribution in [2.45, 2.75) is 44.8 Å². The van der Waals surface area contributed by atoms with Gasteiger partial charge in [0.15, 0.2) is 11.4 Å². The summed E-state index contributed by atoms with van der Waals surface area (Å²) in [5.74, 6) is -0.947. The SMILES string of the molecule is CC(C)c1nc2cc(-c3ccco3)nn2c(-c2ccc(F)cc2)c1/C=C/[C@@H](O)C[C@@H](O)CC(=O)O. The second-order valence-corrected chi connectivity index (χ2v) is 8.61. The van der Waals surface area contributed by atoms with Gasteiger partial charge in [0.05, 0.1) is 36.3 Å². The van der Waals surface area contributed by atoms with Gasteiger partial charge in [-0.2, -0.15) is 5.10 Å². The van der Waals surface area contributed by atoms with Crippen LogP contribution in [0.1, 0.15) is 43.9 Å². The van der Waals surface area contributed by atoms with Crippen molar-refractivity contribution in [1.29, 1.82) is 0 Å². The number of benzene rings is 1. The number of carboxylic acids is 1. The van der Waals surface area contributed by atoms with Crippen LogP contribution in [0.5, 0.6) is 0 Å². The highest BCUT2D eigenvalue weighted by Gasteiger charge is 2.21. The van der Waals surface area contributed by atoms with Gasteiger partial charge in [-0.05, 0) is 42.3 Å². The maximum absolute atomic E-state index is 13.7. The molecule has 0 amide bonds. The third-order valence-corrected chi connectivity index (χ3v) is 5.52. The van der Waals surface area contributed by atoms with E-state index >= 15 is 0 Å². The van der Waals surface area contributed by atoms with Crippen molar-refractivity contribution >= 4 is 17.7 Å². The number of aromatic nitrogens is 3. The van der Waals surface area contributed by atoms with Crippen molar-refractivity contribution in [2.75, 3.05) is 0 Å². The normalized spacial score (nSPS) is 13.7. The second-order valence-electron chi connectivity index (χ2n) is 8.61. The fourth-order valence-electron chi connectivity index (χ4n) is 3.92. The number of rotatable bonds is 9. The van der Waals surface area contributed by atoms with Gasteiger partial charge in [-0.15, -0.1) is 0 Å². The van der Waals surface area contributed by atoms with Crippen LogP contribution < -0.4 is 0 Å². The summed E-state index contributed by atoms with van der Waals surface area (Å²) in [4.78, 5) is 15.6. The van der Waals surface area contributed by atoms with E-state index in [1.165, 1.54) is 18.2 Å². The predicted octanol–water partition coefficient (Wildman–Crippen LogP) is 4.52. The molecule has 0 aliphatic carbocycles. The lowest BCUT2D eigenvalue weighted by Crippen LogP contribution is -2.19. The molecule has 0 aliphatic rings. The summed E-state index contributed by atoms with van der Waals surface area (Å²) in [7, 11) is 0. The zero-order valence-electron chi connectivity index (χ0n) is 19.3. The van der Waals surface area contributed by atoms with Gasteiger partial charge in [-0.3, -0.25) is 4.79 Å². The molecule has 0 radical (unpaired) electrons. The molecular formula is C26H26FN3O5.